The predicted molar refractivity (Wildman–Crippen MR) is 57.3 cm³/mol. The lowest BCUT2D eigenvalue weighted by atomic mass is 9.96. The van der Waals surface area contributed by atoms with Gasteiger partial charge in [-0.2, -0.15) is 0 Å². The monoisotopic (exact) mass is 188 g/mol. The van der Waals surface area contributed by atoms with E-state index >= 15 is 0 Å². The summed E-state index contributed by atoms with van der Waals surface area (Å²) in [6.45, 7) is 10.4. The van der Waals surface area contributed by atoms with Crippen molar-refractivity contribution in [3.05, 3.63) is 12.2 Å². The van der Waals surface area contributed by atoms with Gasteiger partial charge in [0.25, 0.3) is 0 Å². The van der Waals surface area contributed by atoms with Crippen molar-refractivity contribution in [1.29, 1.82) is 0 Å². The van der Waals surface area contributed by atoms with Gasteiger partial charge >= 0.3 is 0 Å². The lowest BCUT2D eigenvalue weighted by Crippen LogP contribution is -2.12. The second-order valence-corrected chi connectivity index (χ2v) is 3.80. The van der Waals surface area contributed by atoms with Crippen molar-refractivity contribution >= 4 is 12.0 Å². The van der Waals surface area contributed by atoms with Crippen LogP contribution in [0.4, 0.5) is 0 Å². The Balaban J connectivity index is 3.76. The molecule has 0 aromatic rings. The summed E-state index contributed by atoms with van der Waals surface area (Å²) in [5.41, 5.74) is 1.25. The third-order valence-corrected chi connectivity index (χ3v) is 2.61. The molecule has 0 rings (SSSR count). The third-order valence-electron chi connectivity index (χ3n) is 2.15. The molecule has 0 saturated carbocycles. The van der Waals surface area contributed by atoms with Gasteiger partial charge in [-0.1, -0.05) is 26.0 Å². The molecule has 0 aliphatic heterocycles. The fourth-order valence-electron chi connectivity index (χ4n) is 1.01. The van der Waals surface area contributed by atoms with E-state index < -0.39 is 0 Å². The molecule has 0 aliphatic carbocycles. The molecule has 0 aromatic carbocycles. The lowest BCUT2D eigenvalue weighted by molar-refractivity contribution is 0.208. The molecule has 0 aromatic heterocycles. The Hall–Kier alpha value is 0.0500. The van der Waals surface area contributed by atoms with Crippen LogP contribution in [0.1, 0.15) is 33.6 Å². The summed E-state index contributed by atoms with van der Waals surface area (Å²) in [7, 11) is 0. The highest BCUT2D eigenvalue weighted by Crippen LogP contribution is 2.20. The van der Waals surface area contributed by atoms with Crippen molar-refractivity contribution in [3.8, 4) is 0 Å². The maximum atomic E-state index is 5.49. The van der Waals surface area contributed by atoms with Crippen LogP contribution in [0.15, 0.2) is 12.2 Å². The van der Waals surface area contributed by atoms with Gasteiger partial charge in [0.15, 0.2) is 0 Å². The summed E-state index contributed by atoms with van der Waals surface area (Å²) in [6, 6.07) is 0. The SMILES string of the molecule is C=C(C)C(C)CC(CC)OSC. The summed E-state index contributed by atoms with van der Waals surface area (Å²) in [4.78, 5) is 0. The molecule has 12 heavy (non-hydrogen) atoms. The first-order valence-electron chi connectivity index (χ1n) is 4.46. The maximum absolute atomic E-state index is 5.49. The molecule has 2 atom stereocenters. The van der Waals surface area contributed by atoms with Gasteiger partial charge in [0.2, 0.25) is 0 Å². The average Bonchev–Trinajstić information content (AvgIpc) is 2.03. The molecule has 0 spiro atoms. The Morgan fingerprint density at radius 1 is 1.58 bits per heavy atom. The Morgan fingerprint density at radius 2 is 2.17 bits per heavy atom. The summed E-state index contributed by atoms with van der Waals surface area (Å²) in [5.74, 6) is 0.571. The zero-order chi connectivity index (χ0) is 9.56. The standard InChI is InChI=1S/C10H20OS/c1-6-10(11-12-5)7-9(4)8(2)3/h9-10H,2,6-7H2,1,3-5H3. The number of allylic oxidation sites excluding steroid dienone is 1. The van der Waals surface area contributed by atoms with Crippen LogP contribution >= 0.6 is 12.0 Å². The minimum atomic E-state index is 0.381. The normalized spacial score (nSPS) is 15.7. The van der Waals surface area contributed by atoms with E-state index in [1.54, 1.807) is 0 Å². The minimum absolute atomic E-state index is 0.381. The van der Waals surface area contributed by atoms with E-state index in [9.17, 15) is 0 Å². The molecule has 0 fully saturated rings. The molecule has 2 unspecified atom stereocenters. The number of hydrogen-bond donors (Lipinski definition) is 0. The van der Waals surface area contributed by atoms with E-state index in [1.807, 2.05) is 6.26 Å². The Labute approximate surface area is 80.8 Å². The number of hydrogen-bond acceptors (Lipinski definition) is 2. The summed E-state index contributed by atoms with van der Waals surface area (Å²) < 4.78 is 5.49. The van der Waals surface area contributed by atoms with E-state index in [0.717, 1.165) is 12.8 Å². The van der Waals surface area contributed by atoms with E-state index in [1.165, 1.54) is 17.6 Å². The fraction of sp³-hybridized carbons (Fsp3) is 0.800. The first-order valence-corrected chi connectivity index (χ1v) is 5.61. The van der Waals surface area contributed by atoms with E-state index in [2.05, 4.69) is 27.4 Å². The average molecular weight is 188 g/mol. The van der Waals surface area contributed by atoms with Gasteiger partial charge in [0.1, 0.15) is 0 Å². The number of rotatable bonds is 6. The molecule has 0 radical (unpaired) electrons. The summed E-state index contributed by atoms with van der Waals surface area (Å²) >= 11 is 1.46. The predicted octanol–water partition coefficient (Wildman–Crippen LogP) is 3.66. The van der Waals surface area contributed by atoms with Gasteiger partial charge in [0.05, 0.1) is 6.10 Å². The van der Waals surface area contributed by atoms with Crippen LogP contribution in [0, 0.1) is 5.92 Å². The maximum Gasteiger partial charge on any atom is 0.0725 e. The summed E-state index contributed by atoms with van der Waals surface area (Å²) in [5, 5.41) is 0. The first-order chi connectivity index (χ1) is 5.61. The van der Waals surface area contributed by atoms with Gasteiger partial charge in [-0.3, -0.25) is 0 Å². The zero-order valence-electron chi connectivity index (χ0n) is 8.59. The largest absolute Gasteiger partial charge is 0.312 e. The Morgan fingerprint density at radius 3 is 2.50 bits per heavy atom. The summed E-state index contributed by atoms with van der Waals surface area (Å²) in [6.07, 6.45) is 4.52. The molecule has 72 valence electrons. The van der Waals surface area contributed by atoms with Crippen molar-refractivity contribution in [2.24, 2.45) is 5.92 Å². The quantitative estimate of drug-likeness (QED) is 0.464. The van der Waals surface area contributed by atoms with Crippen LogP contribution in [0.2, 0.25) is 0 Å². The molecule has 0 heterocycles. The molecular weight excluding hydrogens is 168 g/mol. The highest BCUT2D eigenvalue weighted by atomic mass is 32.2. The lowest BCUT2D eigenvalue weighted by Gasteiger charge is -2.18. The third kappa shape index (κ3) is 4.83. The van der Waals surface area contributed by atoms with Gasteiger partial charge in [0, 0.05) is 6.26 Å². The van der Waals surface area contributed by atoms with E-state index in [4.69, 9.17) is 4.18 Å². The molecule has 0 bridgehead atoms. The molecule has 0 aliphatic rings. The first kappa shape index (κ1) is 12.0. The van der Waals surface area contributed by atoms with Crippen molar-refractivity contribution in [3.63, 3.8) is 0 Å². The van der Waals surface area contributed by atoms with Crippen LogP contribution < -0.4 is 0 Å². The molecule has 2 heteroatoms. The van der Waals surface area contributed by atoms with Crippen molar-refractivity contribution < 1.29 is 4.18 Å². The second-order valence-electron chi connectivity index (χ2n) is 3.28. The molecule has 0 N–H and O–H groups in total. The van der Waals surface area contributed by atoms with Crippen molar-refractivity contribution in [2.45, 2.75) is 39.7 Å². The topological polar surface area (TPSA) is 9.23 Å². The molecular formula is C10H20OS. The van der Waals surface area contributed by atoms with E-state index in [-0.39, 0.29) is 0 Å². The molecule has 0 saturated heterocycles. The molecule has 0 amide bonds. The van der Waals surface area contributed by atoms with E-state index in [0.29, 0.717) is 12.0 Å². The highest BCUT2D eigenvalue weighted by molar-refractivity contribution is 7.93. The Bertz CT molecular complexity index is 134. The van der Waals surface area contributed by atoms with Crippen LogP contribution in [-0.2, 0) is 4.18 Å². The van der Waals surface area contributed by atoms with Crippen molar-refractivity contribution in [2.75, 3.05) is 6.26 Å². The minimum Gasteiger partial charge on any atom is -0.312 e. The van der Waals surface area contributed by atoms with Crippen LogP contribution in [0.5, 0.6) is 0 Å². The van der Waals surface area contributed by atoms with Crippen LogP contribution in [0.3, 0.4) is 0 Å². The van der Waals surface area contributed by atoms with Gasteiger partial charge < -0.3 is 4.18 Å². The van der Waals surface area contributed by atoms with Crippen LogP contribution in [0.25, 0.3) is 0 Å². The van der Waals surface area contributed by atoms with Crippen LogP contribution in [-0.4, -0.2) is 12.4 Å². The van der Waals surface area contributed by atoms with Gasteiger partial charge in [-0.05, 0) is 37.7 Å². The second kappa shape index (κ2) is 6.55. The zero-order valence-corrected chi connectivity index (χ0v) is 9.41. The van der Waals surface area contributed by atoms with Gasteiger partial charge in [-0.25, -0.2) is 0 Å². The fourth-order valence-corrected chi connectivity index (χ4v) is 1.49. The van der Waals surface area contributed by atoms with Gasteiger partial charge in [-0.15, -0.1) is 0 Å². The smallest absolute Gasteiger partial charge is 0.0725 e. The highest BCUT2D eigenvalue weighted by Gasteiger charge is 2.11. The van der Waals surface area contributed by atoms with Crippen molar-refractivity contribution in [1.82, 2.24) is 0 Å². The Kier molecular flexibility index (Phi) is 6.58. The molecule has 1 nitrogen and oxygen atoms in total.